The number of nitrogens with zero attached hydrogens (tertiary/aromatic N) is 5. The molecule has 6 aromatic rings. The fourth-order valence-corrected chi connectivity index (χ4v) is 5.60. The number of imidazole rings is 2. The summed E-state index contributed by atoms with van der Waals surface area (Å²) in [4.78, 5) is 24.1. The van der Waals surface area contributed by atoms with Gasteiger partial charge < -0.3 is 19.0 Å². The highest BCUT2D eigenvalue weighted by atomic mass is 19.1. The predicted molar refractivity (Wildman–Crippen MR) is 168 cm³/mol. The lowest BCUT2D eigenvalue weighted by atomic mass is 10.0. The van der Waals surface area contributed by atoms with Crippen LogP contribution in [0.2, 0.25) is 0 Å². The Morgan fingerprint density at radius 3 is 2.54 bits per heavy atom. The van der Waals surface area contributed by atoms with Crippen molar-refractivity contribution in [3.05, 3.63) is 143 Å². The normalized spacial score (nSPS) is 12.7. The van der Waals surface area contributed by atoms with Gasteiger partial charge in [-0.1, -0.05) is 36.4 Å². The van der Waals surface area contributed by atoms with Crippen molar-refractivity contribution in [2.45, 2.75) is 38.5 Å². The van der Waals surface area contributed by atoms with Crippen LogP contribution in [0.3, 0.4) is 0 Å². The smallest absolute Gasteiger partial charge is 0.335 e. The molecule has 0 bridgehead atoms. The number of halogens is 2. The molecule has 46 heavy (non-hydrogen) atoms. The van der Waals surface area contributed by atoms with E-state index in [2.05, 4.69) is 14.4 Å². The van der Waals surface area contributed by atoms with E-state index in [1.165, 1.54) is 24.3 Å². The van der Waals surface area contributed by atoms with Gasteiger partial charge in [0.15, 0.2) is 5.69 Å². The van der Waals surface area contributed by atoms with E-state index in [-0.39, 0.29) is 24.3 Å². The van der Waals surface area contributed by atoms with Crippen molar-refractivity contribution in [1.29, 1.82) is 0 Å². The van der Waals surface area contributed by atoms with Crippen molar-refractivity contribution in [2.24, 2.45) is 0 Å². The summed E-state index contributed by atoms with van der Waals surface area (Å²) >= 11 is 0. The van der Waals surface area contributed by atoms with Gasteiger partial charge >= 0.3 is 5.97 Å². The molecule has 2 heterocycles. The highest BCUT2D eigenvalue weighted by Crippen LogP contribution is 2.36. The highest BCUT2D eigenvalue weighted by molar-refractivity contribution is 5.92. The third-order valence-electron chi connectivity index (χ3n) is 8.21. The summed E-state index contributed by atoms with van der Waals surface area (Å²) in [5.74, 6) is -0.835. The molecule has 0 amide bonds. The first-order valence-electron chi connectivity index (χ1n) is 14.8. The third-order valence-corrected chi connectivity index (χ3v) is 8.21. The number of hydrogen-bond donors (Lipinski definition) is 1. The van der Waals surface area contributed by atoms with Gasteiger partial charge in [-0.05, 0) is 72.0 Å². The molecule has 1 N–H and O–H groups in total. The molecule has 0 spiro atoms. The average Bonchev–Trinajstić information content (AvgIpc) is 3.71. The minimum atomic E-state index is -1.03. The second-order valence-corrected chi connectivity index (χ2v) is 11.3. The molecule has 2 aromatic heterocycles. The second kappa shape index (κ2) is 11.9. The lowest BCUT2D eigenvalue weighted by Gasteiger charge is -2.13. The number of aromatic nitrogens is 4. The molecule has 1 fully saturated rings. The SMILES string of the molecule is [C-]#[N+]c1ccc(COc2cccc(-c3ccc(Cc4nc5ccc(C(=O)O)cc5n4Cc4cncn4C4CC4)c(F)c3)c2)c(F)c1. The first kappa shape index (κ1) is 28.9. The molecule has 10 heteroatoms. The lowest BCUT2D eigenvalue weighted by Crippen LogP contribution is -2.10. The van der Waals surface area contributed by atoms with Crippen LogP contribution in [0.15, 0.2) is 91.4 Å². The van der Waals surface area contributed by atoms with Gasteiger partial charge in [-0.25, -0.2) is 28.4 Å². The van der Waals surface area contributed by atoms with Crippen LogP contribution in [-0.4, -0.2) is 30.2 Å². The van der Waals surface area contributed by atoms with Gasteiger partial charge in [0.05, 0.1) is 41.7 Å². The van der Waals surface area contributed by atoms with E-state index in [9.17, 15) is 14.3 Å². The van der Waals surface area contributed by atoms with Gasteiger partial charge in [-0.2, -0.15) is 0 Å². The largest absolute Gasteiger partial charge is 0.489 e. The Morgan fingerprint density at radius 1 is 0.978 bits per heavy atom. The van der Waals surface area contributed by atoms with Crippen molar-refractivity contribution in [1.82, 2.24) is 19.1 Å². The van der Waals surface area contributed by atoms with Crippen LogP contribution in [0, 0.1) is 18.2 Å². The fraction of sp³-hybridized carbons (Fsp3) is 0.167. The minimum Gasteiger partial charge on any atom is -0.489 e. The van der Waals surface area contributed by atoms with Crippen molar-refractivity contribution in [2.75, 3.05) is 0 Å². The number of carbonyl (C=O) groups is 1. The molecule has 0 radical (unpaired) electrons. The maximum absolute atomic E-state index is 15.7. The van der Waals surface area contributed by atoms with E-state index >= 15 is 4.39 Å². The fourth-order valence-electron chi connectivity index (χ4n) is 5.60. The number of fused-ring (bicyclic) bond motifs is 1. The Balaban J connectivity index is 1.15. The zero-order valence-electron chi connectivity index (χ0n) is 24.5. The molecule has 228 valence electrons. The van der Waals surface area contributed by atoms with Gasteiger partial charge in [0.25, 0.3) is 0 Å². The van der Waals surface area contributed by atoms with Crippen molar-refractivity contribution in [3.8, 4) is 16.9 Å². The van der Waals surface area contributed by atoms with Crippen LogP contribution < -0.4 is 4.74 Å². The number of ether oxygens (including phenoxy) is 1. The van der Waals surface area contributed by atoms with Gasteiger partial charge in [-0.15, -0.1) is 0 Å². The van der Waals surface area contributed by atoms with Crippen LogP contribution >= 0.6 is 0 Å². The van der Waals surface area contributed by atoms with Crippen LogP contribution in [0.5, 0.6) is 5.75 Å². The van der Waals surface area contributed by atoms with E-state index in [1.807, 2.05) is 29.2 Å². The monoisotopic (exact) mass is 615 g/mol. The molecule has 0 atom stereocenters. The molecule has 0 saturated heterocycles. The molecule has 0 aliphatic heterocycles. The van der Waals surface area contributed by atoms with Gasteiger partial charge in [-0.3, -0.25) is 0 Å². The molecule has 4 aromatic carbocycles. The molecular weight excluding hydrogens is 588 g/mol. The summed E-state index contributed by atoms with van der Waals surface area (Å²) in [6.45, 7) is 7.43. The molecule has 1 saturated carbocycles. The van der Waals surface area contributed by atoms with Crippen LogP contribution in [0.4, 0.5) is 14.5 Å². The van der Waals surface area contributed by atoms with E-state index in [0.717, 1.165) is 24.1 Å². The number of carboxylic acid groups (broad SMARTS) is 1. The molecule has 8 nitrogen and oxygen atoms in total. The van der Waals surface area contributed by atoms with Crippen molar-refractivity contribution in [3.63, 3.8) is 0 Å². The third kappa shape index (κ3) is 5.83. The van der Waals surface area contributed by atoms with Crippen molar-refractivity contribution >= 4 is 22.7 Å². The number of hydrogen-bond acceptors (Lipinski definition) is 4. The summed E-state index contributed by atoms with van der Waals surface area (Å²) in [5.41, 5.74) is 4.80. The first-order valence-corrected chi connectivity index (χ1v) is 14.8. The summed E-state index contributed by atoms with van der Waals surface area (Å²) in [6, 6.07) is 21.6. The van der Waals surface area contributed by atoms with E-state index < -0.39 is 17.6 Å². The molecule has 7 rings (SSSR count). The quantitative estimate of drug-likeness (QED) is 0.158. The Labute approximate surface area is 263 Å². The lowest BCUT2D eigenvalue weighted by molar-refractivity contribution is 0.0697. The predicted octanol–water partition coefficient (Wildman–Crippen LogP) is 7.98. The van der Waals surface area contributed by atoms with Gasteiger partial charge in [0, 0.05) is 24.2 Å². The zero-order chi connectivity index (χ0) is 31.8. The summed E-state index contributed by atoms with van der Waals surface area (Å²) in [6.07, 6.45) is 6.01. The second-order valence-electron chi connectivity index (χ2n) is 11.3. The Kier molecular flexibility index (Phi) is 7.50. The van der Waals surface area contributed by atoms with Gasteiger partial charge in [0.2, 0.25) is 0 Å². The summed E-state index contributed by atoms with van der Waals surface area (Å²) in [7, 11) is 0. The van der Waals surface area contributed by atoms with Gasteiger partial charge in [0.1, 0.15) is 29.8 Å². The van der Waals surface area contributed by atoms with Crippen LogP contribution in [0.1, 0.15) is 51.9 Å². The number of aromatic carboxylic acids is 1. The van der Waals surface area contributed by atoms with Crippen LogP contribution in [-0.2, 0) is 19.6 Å². The molecule has 0 unspecified atom stereocenters. The summed E-state index contributed by atoms with van der Waals surface area (Å²) in [5, 5.41) is 9.62. The number of carboxylic acids is 1. The Bertz CT molecular complexity index is 2160. The minimum absolute atomic E-state index is 0.0166. The Hall–Kier alpha value is -5.82. The maximum atomic E-state index is 15.7. The highest BCUT2D eigenvalue weighted by Gasteiger charge is 2.26. The zero-order valence-corrected chi connectivity index (χ0v) is 24.5. The van der Waals surface area contributed by atoms with Crippen molar-refractivity contribution < 1.29 is 23.4 Å². The Morgan fingerprint density at radius 2 is 1.78 bits per heavy atom. The van der Waals surface area contributed by atoms with E-state index in [1.54, 1.807) is 42.5 Å². The van der Waals surface area contributed by atoms with E-state index in [0.29, 0.717) is 51.9 Å². The average molecular weight is 616 g/mol. The molecule has 1 aliphatic rings. The van der Waals surface area contributed by atoms with E-state index in [4.69, 9.17) is 16.3 Å². The molecule has 1 aliphatic carbocycles. The number of benzene rings is 4. The first-order chi connectivity index (χ1) is 22.4. The maximum Gasteiger partial charge on any atom is 0.335 e. The standard InChI is InChI=1S/C36H27F2N5O3/c1-39-27-9-7-26(32(38)17-27)20-46-30-4-2-3-22(13-30)23-5-6-24(31(37)14-23)16-35-41-33-12-8-25(36(44)45)15-34(33)42(35)19-29-18-40-21-43(29)28-10-11-28/h2-9,12-15,17-18,21,28H,10-11,16,19-20H2,(H,44,45). The molecular formula is C36H27F2N5O3. The number of rotatable bonds is 10. The topological polar surface area (TPSA) is 86.5 Å². The summed E-state index contributed by atoms with van der Waals surface area (Å²) < 4.78 is 39.9. The van der Waals surface area contributed by atoms with Crippen LogP contribution in [0.25, 0.3) is 27.0 Å².